The van der Waals surface area contributed by atoms with Crippen molar-refractivity contribution >= 4 is 23.6 Å². The lowest BCUT2D eigenvalue weighted by Gasteiger charge is -2.15. The van der Waals surface area contributed by atoms with E-state index in [-0.39, 0.29) is 17.2 Å². The number of benzene rings is 3. The molecule has 3 aromatic rings. The first-order chi connectivity index (χ1) is 17.5. The van der Waals surface area contributed by atoms with Crippen LogP contribution in [0.4, 0.5) is 0 Å². The van der Waals surface area contributed by atoms with Crippen molar-refractivity contribution in [2.24, 2.45) is 0 Å². The summed E-state index contributed by atoms with van der Waals surface area (Å²) in [5.74, 6) is 0.256. The molecule has 3 aromatic carbocycles. The van der Waals surface area contributed by atoms with Crippen LogP contribution in [0.1, 0.15) is 35.6 Å². The minimum Gasteiger partial charge on any atom is -0.490 e. The molecule has 6 nitrogen and oxygen atoms in total. The van der Waals surface area contributed by atoms with E-state index < -0.39 is 5.91 Å². The van der Waals surface area contributed by atoms with Crippen LogP contribution in [0.2, 0.25) is 5.02 Å². The fraction of sp³-hybridized carbons (Fsp3) is 0.207. The summed E-state index contributed by atoms with van der Waals surface area (Å²) in [5.41, 5.74) is 2.92. The molecular weight excluding hydrogens is 474 g/mol. The number of nitriles is 2. The maximum Gasteiger partial charge on any atom is 0.261 e. The second kappa shape index (κ2) is 13.6. The van der Waals surface area contributed by atoms with Gasteiger partial charge in [-0.1, -0.05) is 60.1 Å². The Kier molecular flexibility index (Phi) is 9.94. The van der Waals surface area contributed by atoms with Crippen molar-refractivity contribution in [1.29, 1.82) is 10.5 Å². The summed E-state index contributed by atoms with van der Waals surface area (Å²) in [6.07, 6.45) is 3.06. The third-order valence-electron chi connectivity index (χ3n) is 5.29. The number of nitrogens with one attached hydrogen (secondary N) is 1. The highest BCUT2D eigenvalue weighted by Crippen LogP contribution is 2.38. The minimum absolute atomic E-state index is 0.0372. The SMILES string of the molecule is CCOc1cc(/C=C(/C#N)C(=O)NCCCc2ccccc2)cc(Cl)c1OCc1ccccc1C#N. The molecule has 0 unspecified atom stereocenters. The van der Waals surface area contributed by atoms with Gasteiger partial charge < -0.3 is 14.8 Å². The lowest BCUT2D eigenvalue weighted by atomic mass is 10.1. The predicted molar refractivity (Wildman–Crippen MR) is 139 cm³/mol. The fourth-order valence-electron chi connectivity index (χ4n) is 3.53. The summed E-state index contributed by atoms with van der Waals surface area (Å²) in [5, 5.41) is 21.9. The Morgan fingerprint density at radius 3 is 2.53 bits per heavy atom. The minimum atomic E-state index is -0.451. The van der Waals surface area contributed by atoms with Gasteiger partial charge in [-0.15, -0.1) is 0 Å². The smallest absolute Gasteiger partial charge is 0.261 e. The van der Waals surface area contributed by atoms with Crippen LogP contribution < -0.4 is 14.8 Å². The number of carbonyl (C=O) groups excluding carboxylic acids is 1. The number of amides is 1. The molecule has 0 saturated carbocycles. The molecule has 0 atom stereocenters. The highest BCUT2D eigenvalue weighted by Gasteiger charge is 2.15. The molecule has 182 valence electrons. The zero-order valence-electron chi connectivity index (χ0n) is 20.0. The van der Waals surface area contributed by atoms with Gasteiger partial charge in [0.25, 0.3) is 5.91 Å². The quantitative estimate of drug-likeness (QED) is 0.203. The standard InChI is InChI=1S/C29H26ClN3O3/c1-2-35-27-17-22(16-26(30)28(27)36-20-24-13-7-6-12-23(24)18-31)15-25(19-32)29(34)33-14-8-11-21-9-4-3-5-10-21/h3-7,9-10,12-13,15-17H,2,8,11,14,20H2,1H3,(H,33,34)/b25-15-. The number of aryl methyl sites for hydroxylation is 1. The monoisotopic (exact) mass is 499 g/mol. The van der Waals surface area contributed by atoms with Crippen LogP contribution in [0.15, 0.2) is 72.3 Å². The Hall–Kier alpha value is -4.26. The van der Waals surface area contributed by atoms with Crippen LogP contribution in [0.25, 0.3) is 6.08 Å². The first-order valence-corrected chi connectivity index (χ1v) is 11.9. The number of hydrogen-bond acceptors (Lipinski definition) is 5. The second-order valence-electron chi connectivity index (χ2n) is 7.84. The van der Waals surface area contributed by atoms with Crippen molar-refractivity contribution in [1.82, 2.24) is 5.32 Å². The summed E-state index contributed by atoms with van der Waals surface area (Å²) < 4.78 is 11.6. The first kappa shape index (κ1) is 26.3. The van der Waals surface area contributed by atoms with E-state index in [1.54, 1.807) is 24.3 Å². The molecule has 0 fully saturated rings. The summed E-state index contributed by atoms with van der Waals surface area (Å²) in [4.78, 5) is 12.6. The largest absolute Gasteiger partial charge is 0.490 e. The van der Waals surface area contributed by atoms with Crippen molar-refractivity contribution < 1.29 is 14.3 Å². The van der Waals surface area contributed by atoms with Crippen molar-refractivity contribution in [3.8, 4) is 23.6 Å². The molecule has 0 saturated heterocycles. The first-order valence-electron chi connectivity index (χ1n) is 11.6. The number of carbonyl (C=O) groups is 1. The van der Waals surface area contributed by atoms with E-state index in [4.69, 9.17) is 21.1 Å². The van der Waals surface area contributed by atoms with E-state index in [2.05, 4.69) is 11.4 Å². The third kappa shape index (κ3) is 7.37. The summed E-state index contributed by atoms with van der Waals surface area (Å²) in [6, 6.07) is 24.5. The van der Waals surface area contributed by atoms with E-state index in [1.165, 1.54) is 11.6 Å². The van der Waals surface area contributed by atoms with Gasteiger partial charge in [-0.25, -0.2) is 0 Å². The number of nitrogens with zero attached hydrogens (tertiary/aromatic N) is 2. The van der Waals surface area contributed by atoms with Crippen LogP contribution >= 0.6 is 11.6 Å². The number of rotatable bonds is 11. The van der Waals surface area contributed by atoms with Gasteiger partial charge in [0.1, 0.15) is 18.2 Å². The Bertz CT molecular complexity index is 1310. The van der Waals surface area contributed by atoms with E-state index in [9.17, 15) is 15.3 Å². The van der Waals surface area contributed by atoms with Gasteiger partial charge in [0.15, 0.2) is 11.5 Å². The Morgan fingerprint density at radius 2 is 1.81 bits per heavy atom. The normalized spacial score (nSPS) is 10.7. The molecule has 7 heteroatoms. The molecule has 0 bridgehead atoms. The molecule has 0 aliphatic carbocycles. The number of hydrogen-bond donors (Lipinski definition) is 1. The highest BCUT2D eigenvalue weighted by atomic mass is 35.5. The van der Waals surface area contributed by atoms with Crippen LogP contribution in [-0.2, 0) is 17.8 Å². The zero-order chi connectivity index (χ0) is 25.8. The van der Waals surface area contributed by atoms with E-state index in [1.807, 2.05) is 55.5 Å². The van der Waals surface area contributed by atoms with Crippen LogP contribution in [0.3, 0.4) is 0 Å². The maximum absolute atomic E-state index is 12.6. The Labute approximate surface area is 216 Å². The number of halogens is 1. The van der Waals surface area contributed by atoms with E-state index in [0.29, 0.717) is 35.8 Å². The summed E-state index contributed by atoms with van der Waals surface area (Å²) in [6.45, 7) is 2.78. The van der Waals surface area contributed by atoms with Gasteiger partial charge in [0.2, 0.25) is 0 Å². The average Bonchev–Trinajstić information content (AvgIpc) is 2.90. The molecule has 0 aliphatic heterocycles. The topological polar surface area (TPSA) is 95.1 Å². The van der Waals surface area contributed by atoms with Gasteiger partial charge in [0.05, 0.1) is 23.3 Å². The van der Waals surface area contributed by atoms with E-state index in [0.717, 1.165) is 18.4 Å². The molecule has 1 amide bonds. The second-order valence-corrected chi connectivity index (χ2v) is 8.24. The van der Waals surface area contributed by atoms with Crippen molar-refractivity contribution in [3.63, 3.8) is 0 Å². The van der Waals surface area contributed by atoms with Gasteiger partial charge in [-0.05, 0) is 55.2 Å². The predicted octanol–water partition coefficient (Wildman–Crippen LogP) is 5.85. The fourth-order valence-corrected chi connectivity index (χ4v) is 3.80. The molecule has 0 aliphatic rings. The van der Waals surface area contributed by atoms with Crippen LogP contribution in [0.5, 0.6) is 11.5 Å². The number of ether oxygens (including phenoxy) is 2. The molecule has 1 N–H and O–H groups in total. The Balaban J connectivity index is 1.71. The molecule has 0 aromatic heterocycles. The lowest BCUT2D eigenvalue weighted by molar-refractivity contribution is -0.117. The van der Waals surface area contributed by atoms with Crippen LogP contribution in [-0.4, -0.2) is 19.1 Å². The molecule has 0 spiro atoms. The zero-order valence-corrected chi connectivity index (χ0v) is 20.7. The molecule has 36 heavy (non-hydrogen) atoms. The molecule has 0 heterocycles. The van der Waals surface area contributed by atoms with Crippen LogP contribution in [0, 0.1) is 22.7 Å². The van der Waals surface area contributed by atoms with Crippen molar-refractivity contribution in [2.75, 3.05) is 13.2 Å². The maximum atomic E-state index is 12.6. The van der Waals surface area contributed by atoms with E-state index >= 15 is 0 Å². The Morgan fingerprint density at radius 1 is 1.06 bits per heavy atom. The third-order valence-corrected chi connectivity index (χ3v) is 5.57. The highest BCUT2D eigenvalue weighted by molar-refractivity contribution is 6.32. The van der Waals surface area contributed by atoms with Gasteiger partial charge >= 0.3 is 0 Å². The molecular formula is C29H26ClN3O3. The average molecular weight is 500 g/mol. The molecule has 3 rings (SSSR count). The summed E-state index contributed by atoms with van der Waals surface area (Å²) >= 11 is 6.49. The van der Waals surface area contributed by atoms with Gasteiger partial charge in [-0.3, -0.25) is 4.79 Å². The van der Waals surface area contributed by atoms with Gasteiger partial charge in [-0.2, -0.15) is 10.5 Å². The van der Waals surface area contributed by atoms with Gasteiger partial charge in [0, 0.05) is 12.1 Å². The molecule has 0 radical (unpaired) electrons. The lowest BCUT2D eigenvalue weighted by Crippen LogP contribution is -2.25. The summed E-state index contributed by atoms with van der Waals surface area (Å²) in [7, 11) is 0. The van der Waals surface area contributed by atoms with Crippen molar-refractivity contribution in [3.05, 3.63) is 99.6 Å². The van der Waals surface area contributed by atoms with Crippen molar-refractivity contribution in [2.45, 2.75) is 26.4 Å².